The van der Waals surface area contributed by atoms with Gasteiger partial charge in [0, 0.05) is 0 Å². The van der Waals surface area contributed by atoms with Crippen molar-refractivity contribution < 1.29 is 0 Å². The lowest BCUT2D eigenvalue weighted by Crippen LogP contribution is -2.05. The highest BCUT2D eigenvalue weighted by Gasteiger charge is 2.12. The highest BCUT2D eigenvalue weighted by molar-refractivity contribution is 5.00. The number of hydrogen-bond acceptors (Lipinski definition) is 0. The molecule has 0 aliphatic rings. The molecule has 0 unspecified atom stereocenters. The van der Waals surface area contributed by atoms with Gasteiger partial charge in [0.25, 0.3) is 0 Å². The van der Waals surface area contributed by atoms with Crippen LogP contribution in [-0.4, -0.2) is 0 Å². The van der Waals surface area contributed by atoms with E-state index in [-0.39, 0.29) is 0 Å². The molecule has 0 bridgehead atoms. The molecule has 0 rings (SSSR count). The maximum absolute atomic E-state index is 4.56. The zero-order valence-corrected chi connectivity index (χ0v) is 43.0. The van der Waals surface area contributed by atoms with Crippen LogP contribution in [0.15, 0.2) is 37.0 Å². The summed E-state index contributed by atoms with van der Waals surface area (Å²) in [5, 5.41) is 0. The predicted molar refractivity (Wildman–Crippen MR) is 278 cm³/mol. The Morgan fingerprint density at radius 3 is 0.898 bits per heavy atom. The maximum Gasteiger partial charge on any atom is -0.0206 e. The summed E-state index contributed by atoms with van der Waals surface area (Å²) in [5.74, 6) is 1.85. The molecular weight excluding hydrogens is 709 g/mol. The van der Waals surface area contributed by atoms with Gasteiger partial charge in [0.05, 0.1) is 0 Å². The van der Waals surface area contributed by atoms with E-state index in [0.29, 0.717) is 0 Å². The third-order valence-electron chi connectivity index (χ3n) is 12.9. The minimum atomic E-state index is 0.808. The fraction of sp³-hybridized carbons (Fsp3) is 0.898. The maximum atomic E-state index is 4.56. The van der Waals surface area contributed by atoms with E-state index < -0.39 is 0 Å². The van der Waals surface area contributed by atoms with Crippen LogP contribution in [0.4, 0.5) is 0 Å². The van der Waals surface area contributed by atoms with Crippen molar-refractivity contribution in [3.05, 3.63) is 37.0 Å². The zero-order valence-electron chi connectivity index (χ0n) is 43.0. The number of unbranched alkanes of at least 4 members (excludes halogenated alkanes) is 29. The van der Waals surface area contributed by atoms with Gasteiger partial charge in [-0.25, -0.2) is 0 Å². The molecule has 0 saturated carbocycles. The average Bonchev–Trinajstić information content (AvgIpc) is 3.24. The smallest absolute Gasteiger partial charge is 0.0206 e. The third kappa shape index (κ3) is 55.2. The van der Waals surface area contributed by atoms with Gasteiger partial charge < -0.3 is 0 Å². The minimum absolute atomic E-state index is 0.808. The van der Waals surface area contributed by atoms with Crippen molar-refractivity contribution in [3.8, 4) is 0 Å². The fourth-order valence-electron chi connectivity index (χ4n) is 8.80. The van der Waals surface area contributed by atoms with Crippen LogP contribution in [0.1, 0.15) is 331 Å². The van der Waals surface area contributed by atoms with Crippen molar-refractivity contribution >= 4 is 0 Å². The Labute approximate surface area is 378 Å². The SMILES string of the molecule is C=C(CCCC)CCCCCCCCCCCCCC(=C)C(CCCCCC)CCCCCC.C=CC.CCCCCCCCCC(CCCCCC)CCCCCC. The summed E-state index contributed by atoms with van der Waals surface area (Å²) < 4.78 is 0. The molecule has 354 valence electrons. The lowest BCUT2D eigenvalue weighted by Gasteiger charge is -2.20. The first kappa shape index (κ1) is 62.5. The quantitative estimate of drug-likeness (QED) is 0.0424. The van der Waals surface area contributed by atoms with Crippen LogP contribution in [0.25, 0.3) is 0 Å². The Balaban J connectivity index is -0.00000108. The van der Waals surface area contributed by atoms with Crippen LogP contribution in [0.3, 0.4) is 0 Å². The lowest BCUT2D eigenvalue weighted by atomic mass is 9.86. The molecule has 0 fully saturated rings. The summed E-state index contributed by atoms with van der Waals surface area (Å²) in [5.41, 5.74) is 3.07. The molecule has 0 nitrogen and oxygen atoms in total. The molecule has 0 aromatic heterocycles. The van der Waals surface area contributed by atoms with E-state index in [4.69, 9.17) is 0 Å². The Hall–Kier alpha value is -0.780. The van der Waals surface area contributed by atoms with Crippen LogP contribution >= 0.6 is 0 Å². The summed E-state index contributed by atoms with van der Waals surface area (Å²) >= 11 is 0. The van der Waals surface area contributed by atoms with Gasteiger partial charge >= 0.3 is 0 Å². The minimum Gasteiger partial charge on any atom is -0.103 e. The van der Waals surface area contributed by atoms with Crippen molar-refractivity contribution in [2.45, 2.75) is 331 Å². The Kier molecular flexibility index (Phi) is 60.6. The summed E-state index contributed by atoms with van der Waals surface area (Å²) in [4.78, 5) is 0. The fourth-order valence-corrected chi connectivity index (χ4v) is 8.80. The first-order valence-corrected chi connectivity index (χ1v) is 27.8. The molecule has 0 aromatic rings. The normalized spacial score (nSPS) is 11.1. The third-order valence-corrected chi connectivity index (χ3v) is 12.9. The van der Waals surface area contributed by atoms with Crippen LogP contribution in [0.2, 0.25) is 0 Å². The van der Waals surface area contributed by atoms with E-state index in [9.17, 15) is 0 Å². The molecule has 59 heavy (non-hydrogen) atoms. The summed E-state index contributed by atoms with van der Waals surface area (Å²) in [6, 6.07) is 0. The lowest BCUT2D eigenvalue weighted by molar-refractivity contribution is 0.367. The zero-order chi connectivity index (χ0) is 44.1. The number of allylic oxidation sites excluding steroid dienone is 3. The topological polar surface area (TPSA) is 0 Å². The van der Waals surface area contributed by atoms with Crippen molar-refractivity contribution in [1.82, 2.24) is 0 Å². The van der Waals surface area contributed by atoms with Crippen molar-refractivity contribution in [3.63, 3.8) is 0 Å². The van der Waals surface area contributed by atoms with Crippen LogP contribution < -0.4 is 0 Å². The van der Waals surface area contributed by atoms with Crippen molar-refractivity contribution in [1.29, 1.82) is 0 Å². The molecule has 0 heteroatoms. The summed E-state index contributed by atoms with van der Waals surface area (Å²) in [6.45, 7) is 27.9. The van der Waals surface area contributed by atoms with Crippen LogP contribution in [-0.2, 0) is 0 Å². The van der Waals surface area contributed by atoms with E-state index in [1.165, 1.54) is 288 Å². The van der Waals surface area contributed by atoms with Gasteiger partial charge in [-0.3, -0.25) is 0 Å². The Morgan fingerprint density at radius 2 is 0.559 bits per heavy atom. The standard InChI is InChI=1S/C34H66.C22H46.C3H6/c1-6-9-12-25-30-34(31-26-13-10-7-2)33(5)29-24-22-20-18-16-14-15-17-19-21-23-28-32(4)27-11-8-3;1-4-7-10-13-14-15-18-21-22(19-16-11-8-5-2)20-17-12-9-6-3;1-3-2/h34H,4-31H2,1-3H3;22H,4-21H2,1-3H3;3H,1H2,2H3. The Morgan fingerprint density at radius 1 is 0.322 bits per heavy atom. The Bertz CT molecular complexity index is 749. The molecular formula is C59H118. The second kappa shape index (κ2) is 57.2. The van der Waals surface area contributed by atoms with Crippen molar-refractivity contribution in [2.24, 2.45) is 11.8 Å². The van der Waals surface area contributed by atoms with E-state index in [1.807, 2.05) is 6.92 Å². The van der Waals surface area contributed by atoms with Crippen LogP contribution in [0, 0.1) is 11.8 Å². The van der Waals surface area contributed by atoms with Gasteiger partial charge in [-0.15, -0.1) is 6.58 Å². The first-order chi connectivity index (χ1) is 28.9. The van der Waals surface area contributed by atoms with Gasteiger partial charge in [-0.05, 0) is 70.1 Å². The molecule has 0 aliphatic heterocycles. The van der Waals surface area contributed by atoms with Crippen molar-refractivity contribution in [2.75, 3.05) is 0 Å². The van der Waals surface area contributed by atoms with E-state index >= 15 is 0 Å². The number of rotatable bonds is 46. The molecule has 0 atom stereocenters. The molecule has 0 N–H and O–H groups in total. The summed E-state index contributed by atoms with van der Waals surface area (Å²) in [6.07, 6.45) is 64.2. The first-order valence-electron chi connectivity index (χ1n) is 27.8. The monoisotopic (exact) mass is 827 g/mol. The van der Waals surface area contributed by atoms with E-state index in [1.54, 1.807) is 11.6 Å². The van der Waals surface area contributed by atoms with Gasteiger partial charge in [-0.2, -0.15) is 0 Å². The second-order valence-corrected chi connectivity index (χ2v) is 19.2. The van der Waals surface area contributed by atoms with E-state index in [0.717, 1.165) is 11.8 Å². The summed E-state index contributed by atoms with van der Waals surface area (Å²) in [7, 11) is 0. The molecule has 0 amide bonds. The van der Waals surface area contributed by atoms with E-state index in [2.05, 4.69) is 61.3 Å². The molecule has 0 spiro atoms. The number of hydrogen-bond donors (Lipinski definition) is 0. The highest BCUT2D eigenvalue weighted by Crippen LogP contribution is 2.28. The largest absolute Gasteiger partial charge is 0.103 e. The second-order valence-electron chi connectivity index (χ2n) is 19.2. The molecule has 0 saturated heterocycles. The van der Waals surface area contributed by atoms with Gasteiger partial charge in [0.2, 0.25) is 0 Å². The molecule has 0 heterocycles. The van der Waals surface area contributed by atoms with Crippen LogP contribution in [0.5, 0.6) is 0 Å². The van der Waals surface area contributed by atoms with Gasteiger partial charge in [-0.1, -0.05) is 303 Å². The van der Waals surface area contributed by atoms with Gasteiger partial charge in [0.15, 0.2) is 0 Å². The average molecular weight is 828 g/mol. The molecule has 0 aromatic carbocycles. The molecule has 0 radical (unpaired) electrons. The highest BCUT2D eigenvalue weighted by atomic mass is 14.2. The van der Waals surface area contributed by atoms with Gasteiger partial charge in [0.1, 0.15) is 0 Å². The predicted octanol–water partition coefficient (Wildman–Crippen LogP) is 22.8. The molecule has 0 aliphatic carbocycles.